The topological polar surface area (TPSA) is 85.2 Å². The van der Waals surface area contributed by atoms with Gasteiger partial charge >= 0.3 is 0 Å². The number of halogens is 1. The van der Waals surface area contributed by atoms with Crippen molar-refractivity contribution in [2.45, 2.75) is 50.2 Å². The summed E-state index contributed by atoms with van der Waals surface area (Å²) in [6.45, 7) is 0.455. The van der Waals surface area contributed by atoms with Crippen LogP contribution in [0.4, 0.5) is 4.39 Å². The summed E-state index contributed by atoms with van der Waals surface area (Å²) < 4.78 is 44.3. The first-order valence-corrected chi connectivity index (χ1v) is 14.4. The zero-order chi connectivity index (χ0) is 25.6. The van der Waals surface area contributed by atoms with Crippen LogP contribution in [0.15, 0.2) is 60.4 Å². The summed E-state index contributed by atoms with van der Waals surface area (Å²) in [6, 6.07) is 11.4. The Morgan fingerprint density at radius 1 is 1.05 bits per heavy atom. The molecule has 3 aliphatic rings. The highest BCUT2D eigenvalue weighted by atomic mass is 32.2. The number of hydrogen-bond donors (Lipinski definition) is 0. The second kappa shape index (κ2) is 9.29. The zero-order valence-corrected chi connectivity index (χ0v) is 21.3. The van der Waals surface area contributed by atoms with Crippen molar-refractivity contribution in [1.82, 2.24) is 19.1 Å². The van der Waals surface area contributed by atoms with E-state index in [1.807, 2.05) is 6.08 Å². The lowest BCUT2D eigenvalue weighted by atomic mass is 9.65. The summed E-state index contributed by atoms with van der Waals surface area (Å²) in [5, 5.41) is 4.17. The van der Waals surface area contributed by atoms with Crippen LogP contribution in [0.2, 0.25) is 0 Å². The van der Waals surface area contributed by atoms with Crippen molar-refractivity contribution in [3.63, 3.8) is 0 Å². The molecular formula is C28H29FN4O3S. The second-order valence-electron chi connectivity index (χ2n) is 10.3. The number of benzene rings is 1. The third kappa shape index (κ3) is 4.14. The summed E-state index contributed by atoms with van der Waals surface area (Å²) >= 11 is 0. The molecule has 9 heteroatoms. The Morgan fingerprint density at radius 2 is 1.84 bits per heavy atom. The number of sulfonamides is 1. The number of piperidine rings is 1. The number of rotatable bonds is 5. The third-order valence-corrected chi connectivity index (χ3v) is 10.5. The summed E-state index contributed by atoms with van der Waals surface area (Å²) in [7, 11) is -3.53. The molecule has 2 aromatic heterocycles. The van der Waals surface area contributed by atoms with E-state index in [1.54, 1.807) is 51.7 Å². The summed E-state index contributed by atoms with van der Waals surface area (Å²) in [6.07, 6.45) is 10.4. The van der Waals surface area contributed by atoms with E-state index in [9.17, 15) is 17.6 Å². The minimum absolute atomic E-state index is 0.105. The van der Waals surface area contributed by atoms with Gasteiger partial charge in [-0.2, -0.15) is 5.10 Å². The summed E-state index contributed by atoms with van der Waals surface area (Å²) in [5.41, 5.74) is 2.61. The normalized spacial score (nSPS) is 22.7. The maximum atomic E-state index is 14.1. The van der Waals surface area contributed by atoms with Gasteiger partial charge in [-0.1, -0.05) is 30.9 Å². The second-order valence-corrected chi connectivity index (χ2v) is 12.5. The maximum absolute atomic E-state index is 14.1. The summed E-state index contributed by atoms with van der Waals surface area (Å²) in [5.74, 6) is -0.488. The molecule has 1 atom stereocenters. The van der Waals surface area contributed by atoms with Crippen LogP contribution in [0.25, 0.3) is 11.8 Å². The fourth-order valence-electron chi connectivity index (χ4n) is 6.14. The van der Waals surface area contributed by atoms with Gasteiger partial charge in [0, 0.05) is 19.3 Å². The van der Waals surface area contributed by atoms with Crippen molar-refractivity contribution in [3.8, 4) is 5.69 Å². The molecule has 0 N–H and O–H groups in total. The number of Topliss-reactive ketones (excluding diaryl/α,β-unsaturated/α-hetero) is 1. The lowest BCUT2D eigenvalue weighted by molar-refractivity contribution is 0.0769. The first-order chi connectivity index (χ1) is 17.9. The molecule has 6 rings (SSSR count). The molecule has 3 aromatic rings. The van der Waals surface area contributed by atoms with Gasteiger partial charge in [-0.15, -0.1) is 0 Å². The molecule has 37 heavy (non-hydrogen) atoms. The molecule has 2 aliphatic carbocycles. The maximum Gasteiger partial charge on any atom is 0.217 e. The van der Waals surface area contributed by atoms with Crippen molar-refractivity contribution in [1.29, 1.82) is 0 Å². The van der Waals surface area contributed by atoms with Crippen LogP contribution < -0.4 is 0 Å². The van der Waals surface area contributed by atoms with Crippen molar-refractivity contribution in [2.75, 3.05) is 13.1 Å². The Kier molecular flexibility index (Phi) is 6.07. The van der Waals surface area contributed by atoms with Gasteiger partial charge in [0.1, 0.15) is 11.5 Å². The number of hydrogen-bond acceptors (Lipinski definition) is 5. The molecule has 1 saturated carbocycles. The SMILES string of the molecule is O=C(c1ccccn1)C12Cc3cnn(-c4ccc(F)cc4)c3C=C1CCN(S(=O)(=O)C1CCCCC1)C2. The number of fused-ring (bicyclic) bond motifs is 2. The number of carbonyl (C=O) groups is 1. The van der Waals surface area contributed by atoms with Gasteiger partial charge in [-0.25, -0.2) is 21.8 Å². The molecule has 0 radical (unpaired) electrons. The largest absolute Gasteiger partial charge is 0.291 e. The number of aromatic nitrogens is 3. The van der Waals surface area contributed by atoms with Crippen LogP contribution in [0.1, 0.15) is 60.3 Å². The average Bonchev–Trinajstić information content (AvgIpc) is 3.34. The number of carbonyl (C=O) groups excluding carboxylic acids is 1. The fraction of sp³-hybridized carbons (Fsp3) is 0.393. The zero-order valence-electron chi connectivity index (χ0n) is 20.5. The van der Waals surface area contributed by atoms with E-state index in [-0.39, 0.29) is 23.4 Å². The van der Waals surface area contributed by atoms with E-state index in [2.05, 4.69) is 10.1 Å². The van der Waals surface area contributed by atoms with Crippen molar-refractivity contribution >= 4 is 21.9 Å². The Balaban J connectivity index is 1.42. The number of ketones is 1. The van der Waals surface area contributed by atoms with Crippen molar-refractivity contribution in [2.24, 2.45) is 5.41 Å². The molecule has 3 heterocycles. The molecule has 0 amide bonds. The molecule has 1 aliphatic heterocycles. The van der Waals surface area contributed by atoms with Crippen LogP contribution in [0, 0.1) is 11.2 Å². The third-order valence-electron chi connectivity index (χ3n) is 8.12. The smallest absolute Gasteiger partial charge is 0.217 e. The highest BCUT2D eigenvalue weighted by Gasteiger charge is 2.52. The fourth-order valence-corrected chi connectivity index (χ4v) is 8.23. The highest BCUT2D eigenvalue weighted by molar-refractivity contribution is 7.89. The Labute approximate surface area is 216 Å². The van der Waals surface area contributed by atoms with E-state index < -0.39 is 15.4 Å². The standard InChI is InChI=1S/C28H29FN4O3S/c29-22-9-11-23(12-10-22)33-26-16-21-13-15-32(37(35,36)24-6-2-1-3-7-24)19-28(21,17-20(26)18-31-33)27(34)25-8-4-5-14-30-25/h4-5,8-12,14,16,18,24H,1-3,6-7,13,15,17,19H2. The molecule has 2 fully saturated rings. The molecule has 1 unspecified atom stereocenters. The first kappa shape index (κ1) is 24.2. The number of pyridine rings is 1. The van der Waals surface area contributed by atoms with Gasteiger partial charge in [0.2, 0.25) is 10.0 Å². The molecule has 7 nitrogen and oxygen atoms in total. The van der Waals surface area contributed by atoms with E-state index in [4.69, 9.17) is 0 Å². The van der Waals surface area contributed by atoms with Crippen LogP contribution in [-0.2, 0) is 16.4 Å². The van der Waals surface area contributed by atoms with E-state index in [0.29, 0.717) is 37.9 Å². The minimum Gasteiger partial charge on any atom is -0.291 e. The minimum atomic E-state index is -3.53. The molecule has 1 aromatic carbocycles. The molecule has 0 bridgehead atoms. The van der Waals surface area contributed by atoms with Gasteiger partial charge in [-0.3, -0.25) is 9.78 Å². The highest BCUT2D eigenvalue weighted by Crippen LogP contribution is 2.47. The van der Waals surface area contributed by atoms with Gasteiger partial charge in [0.05, 0.1) is 28.2 Å². The predicted octanol–water partition coefficient (Wildman–Crippen LogP) is 4.58. The lowest BCUT2D eigenvalue weighted by Crippen LogP contribution is -2.55. The average molecular weight is 521 g/mol. The van der Waals surface area contributed by atoms with Crippen LogP contribution in [-0.4, -0.2) is 51.6 Å². The van der Waals surface area contributed by atoms with Gasteiger partial charge in [0.15, 0.2) is 5.78 Å². The predicted molar refractivity (Wildman–Crippen MR) is 138 cm³/mol. The Bertz CT molecular complexity index is 1460. The van der Waals surface area contributed by atoms with Crippen LogP contribution in [0.5, 0.6) is 0 Å². The van der Waals surface area contributed by atoms with Crippen molar-refractivity contribution < 1.29 is 17.6 Å². The Morgan fingerprint density at radius 3 is 2.57 bits per heavy atom. The van der Waals surface area contributed by atoms with E-state index >= 15 is 0 Å². The molecular weight excluding hydrogens is 491 g/mol. The first-order valence-electron chi connectivity index (χ1n) is 12.9. The monoisotopic (exact) mass is 520 g/mol. The summed E-state index contributed by atoms with van der Waals surface area (Å²) in [4.78, 5) is 18.5. The van der Waals surface area contributed by atoms with Crippen LogP contribution >= 0.6 is 0 Å². The van der Waals surface area contributed by atoms with Crippen LogP contribution in [0.3, 0.4) is 0 Å². The molecule has 192 valence electrons. The number of nitrogens with zero attached hydrogens (tertiary/aromatic N) is 4. The quantitative estimate of drug-likeness (QED) is 0.460. The van der Waals surface area contributed by atoms with Gasteiger partial charge < -0.3 is 0 Å². The molecule has 0 spiro atoms. The van der Waals surface area contributed by atoms with E-state index in [1.165, 1.54) is 12.1 Å². The van der Waals surface area contributed by atoms with Gasteiger partial charge in [-0.05, 0) is 73.7 Å². The molecule has 1 saturated heterocycles. The van der Waals surface area contributed by atoms with E-state index in [0.717, 1.165) is 41.8 Å². The van der Waals surface area contributed by atoms with Crippen molar-refractivity contribution in [3.05, 3.63) is 83.2 Å². The Hall–Kier alpha value is -3.17. The lowest BCUT2D eigenvalue weighted by Gasteiger charge is -2.45. The van der Waals surface area contributed by atoms with Gasteiger partial charge in [0.25, 0.3) is 0 Å².